The Hall–Kier alpha value is -3.27. The Kier molecular flexibility index (Phi) is 8.38. The molecule has 8 nitrogen and oxygen atoms in total. The van der Waals surface area contributed by atoms with Gasteiger partial charge in [-0.05, 0) is 42.5 Å². The zero-order valence-electron chi connectivity index (χ0n) is 18.2. The van der Waals surface area contributed by atoms with Crippen LogP contribution in [0.1, 0.15) is 5.56 Å². The van der Waals surface area contributed by atoms with E-state index in [0.717, 1.165) is 4.31 Å². The number of rotatable bonds is 9. The molecule has 0 bridgehead atoms. The molecule has 0 aliphatic heterocycles. The lowest BCUT2D eigenvalue weighted by molar-refractivity contribution is -0.119. The number of ether oxygens (including phenoxy) is 2. The molecule has 0 heterocycles. The molecule has 0 radical (unpaired) electrons. The molecular weight excluding hydrogens is 501 g/mol. The lowest BCUT2D eigenvalue weighted by Crippen LogP contribution is -2.39. The number of halogens is 2. The molecule has 0 aliphatic rings. The van der Waals surface area contributed by atoms with E-state index >= 15 is 0 Å². The quantitative estimate of drug-likeness (QED) is 0.333. The lowest BCUT2D eigenvalue weighted by Gasteiger charge is -2.24. The average Bonchev–Trinajstić information content (AvgIpc) is 2.83. The SMILES string of the molecule is COc1cccc(/C=N\NC(=O)CN(c2ccc(Cl)cc2Cl)S(=O)(=O)c2ccccc2)c1OC. The van der Waals surface area contributed by atoms with E-state index in [-0.39, 0.29) is 15.6 Å². The predicted molar refractivity (Wildman–Crippen MR) is 133 cm³/mol. The van der Waals surface area contributed by atoms with Crippen molar-refractivity contribution in [3.63, 3.8) is 0 Å². The second kappa shape index (κ2) is 11.2. The molecule has 3 rings (SSSR count). The first-order chi connectivity index (χ1) is 16.3. The predicted octanol–water partition coefficient (Wildman–Crippen LogP) is 4.36. The summed E-state index contributed by atoms with van der Waals surface area (Å²) in [5, 5.41) is 4.33. The molecule has 1 amide bonds. The second-order valence-electron chi connectivity index (χ2n) is 6.80. The van der Waals surface area contributed by atoms with Gasteiger partial charge in [0.2, 0.25) is 0 Å². The number of hydrogen-bond donors (Lipinski definition) is 1. The van der Waals surface area contributed by atoms with Gasteiger partial charge in [-0.2, -0.15) is 5.10 Å². The first-order valence-electron chi connectivity index (χ1n) is 9.83. The van der Waals surface area contributed by atoms with E-state index in [2.05, 4.69) is 10.5 Å². The summed E-state index contributed by atoms with van der Waals surface area (Å²) >= 11 is 12.2. The van der Waals surface area contributed by atoms with Crippen LogP contribution in [0.2, 0.25) is 10.0 Å². The van der Waals surface area contributed by atoms with Crippen LogP contribution in [0.3, 0.4) is 0 Å². The van der Waals surface area contributed by atoms with Crippen molar-refractivity contribution >= 4 is 51.0 Å². The topological polar surface area (TPSA) is 97.3 Å². The first-order valence-corrected chi connectivity index (χ1v) is 12.0. The number of nitrogens with zero attached hydrogens (tertiary/aromatic N) is 2. The summed E-state index contributed by atoms with van der Waals surface area (Å²) in [6.45, 7) is -0.578. The van der Waals surface area contributed by atoms with Crippen molar-refractivity contribution in [1.82, 2.24) is 5.43 Å². The van der Waals surface area contributed by atoms with Crippen LogP contribution in [0.4, 0.5) is 5.69 Å². The summed E-state index contributed by atoms with van der Waals surface area (Å²) in [5.41, 5.74) is 2.99. The van der Waals surface area contributed by atoms with Crippen LogP contribution < -0.4 is 19.2 Å². The minimum Gasteiger partial charge on any atom is -0.493 e. The number of amides is 1. The molecule has 0 saturated heterocycles. The number of nitrogens with one attached hydrogen (secondary N) is 1. The van der Waals surface area contributed by atoms with Gasteiger partial charge in [-0.1, -0.05) is 47.5 Å². The highest BCUT2D eigenvalue weighted by Crippen LogP contribution is 2.32. The highest BCUT2D eigenvalue weighted by molar-refractivity contribution is 7.92. The fourth-order valence-corrected chi connectivity index (χ4v) is 5.08. The van der Waals surface area contributed by atoms with Crippen molar-refractivity contribution in [1.29, 1.82) is 0 Å². The summed E-state index contributed by atoms with van der Waals surface area (Å²) < 4.78 is 38.1. The standard InChI is InChI=1S/C23H21Cl2N3O5S/c1-32-21-10-6-7-16(23(21)33-2)14-26-27-22(29)15-28(20-12-11-17(24)13-19(20)25)34(30,31)18-8-4-3-5-9-18/h3-14H,15H2,1-2H3,(H,27,29)/b26-14-. The van der Waals surface area contributed by atoms with Gasteiger partial charge in [-0.25, -0.2) is 13.8 Å². The van der Waals surface area contributed by atoms with Crippen LogP contribution >= 0.6 is 23.2 Å². The maximum atomic E-state index is 13.3. The first kappa shape index (κ1) is 25.4. The van der Waals surface area contributed by atoms with Gasteiger partial charge in [0.25, 0.3) is 15.9 Å². The van der Waals surface area contributed by atoms with Crippen LogP contribution in [0, 0.1) is 0 Å². The Morgan fingerprint density at radius 3 is 2.41 bits per heavy atom. The summed E-state index contributed by atoms with van der Waals surface area (Å²) in [6, 6.07) is 17.2. The van der Waals surface area contributed by atoms with E-state index in [1.165, 1.54) is 50.8 Å². The Balaban J connectivity index is 1.87. The summed E-state index contributed by atoms with van der Waals surface area (Å²) in [5.74, 6) is 0.239. The van der Waals surface area contributed by atoms with Gasteiger partial charge < -0.3 is 9.47 Å². The molecule has 3 aromatic rings. The number of sulfonamides is 1. The number of hydrogen-bond acceptors (Lipinski definition) is 6. The number of carbonyl (C=O) groups excluding carboxylic acids is 1. The van der Waals surface area contributed by atoms with Gasteiger partial charge in [0.1, 0.15) is 6.54 Å². The van der Waals surface area contributed by atoms with Crippen molar-refractivity contribution < 1.29 is 22.7 Å². The third-order valence-corrected chi connectivity index (χ3v) is 6.93. The van der Waals surface area contributed by atoms with Gasteiger partial charge in [0.15, 0.2) is 11.5 Å². The van der Waals surface area contributed by atoms with Gasteiger partial charge in [0, 0.05) is 10.6 Å². The average molecular weight is 522 g/mol. The monoisotopic (exact) mass is 521 g/mol. The van der Waals surface area contributed by atoms with Crippen LogP contribution in [0.5, 0.6) is 11.5 Å². The number of anilines is 1. The molecule has 3 aromatic carbocycles. The highest BCUT2D eigenvalue weighted by Gasteiger charge is 2.28. The molecule has 0 aliphatic carbocycles. The number of para-hydroxylation sites is 1. The van der Waals surface area contributed by atoms with Crippen LogP contribution in [0.25, 0.3) is 0 Å². The molecule has 11 heteroatoms. The largest absolute Gasteiger partial charge is 0.493 e. The normalized spacial score (nSPS) is 11.3. The third kappa shape index (κ3) is 5.80. The molecule has 0 unspecified atom stereocenters. The minimum atomic E-state index is -4.12. The third-order valence-electron chi connectivity index (χ3n) is 4.62. The maximum absolute atomic E-state index is 13.3. The molecule has 178 valence electrons. The molecule has 34 heavy (non-hydrogen) atoms. The Morgan fingerprint density at radius 1 is 1.03 bits per heavy atom. The van der Waals surface area contributed by atoms with E-state index in [1.807, 2.05) is 0 Å². The number of methoxy groups -OCH3 is 2. The van der Waals surface area contributed by atoms with Crippen molar-refractivity contribution in [3.05, 3.63) is 82.3 Å². The minimum absolute atomic E-state index is 0.00145. The van der Waals surface area contributed by atoms with Crippen molar-refractivity contribution in [2.45, 2.75) is 4.90 Å². The van der Waals surface area contributed by atoms with Crippen molar-refractivity contribution in [2.24, 2.45) is 5.10 Å². The van der Waals surface area contributed by atoms with Gasteiger partial charge in [0.05, 0.1) is 36.0 Å². The number of carbonyl (C=O) groups is 1. The molecule has 0 saturated carbocycles. The fourth-order valence-electron chi connectivity index (χ4n) is 3.06. The maximum Gasteiger partial charge on any atom is 0.264 e. The van der Waals surface area contributed by atoms with E-state index in [4.69, 9.17) is 32.7 Å². The van der Waals surface area contributed by atoms with Crippen molar-refractivity contribution in [2.75, 3.05) is 25.1 Å². The molecule has 0 atom stereocenters. The Bertz CT molecular complexity index is 1300. The van der Waals surface area contributed by atoms with E-state index in [1.54, 1.807) is 36.4 Å². The lowest BCUT2D eigenvalue weighted by atomic mass is 10.2. The molecule has 0 aromatic heterocycles. The zero-order valence-corrected chi connectivity index (χ0v) is 20.6. The van der Waals surface area contributed by atoms with E-state index < -0.39 is 22.5 Å². The van der Waals surface area contributed by atoms with E-state index in [9.17, 15) is 13.2 Å². The van der Waals surface area contributed by atoms with Crippen LogP contribution in [-0.2, 0) is 14.8 Å². The number of hydrazone groups is 1. The molecular formula is C23H21Cl2N3O5S. The number of benzene rings is 3. The summed E-state index contributed by atoms with van der Waals surface area (Å²) in [4.78, 5) is 12.7. The zero-order chi connectivity index (χ0) is 24.7. The Labute approximate surface area is 207 Å². The smallest absolute Gasteiger partial charge is 0.264 e. The van der Waals surface area contributed by atoms with Gasteiger partial charge >= 0.3 is 0 Å². The van der Waals surface area contributed by atoms with Gasteiger partial charge in [-0.3, -0.25) is 9.10 Å². The second-order valence-corrected chi connectivity index (χ2v) is 9.50. The molecule has 1 N–H and O–H groups in total. The van der Waals surface area contributed by atoms with E-state index in [0.29, 0.717) is 22.1 Å². The summed E-state index contributed by atoms with van der Waals surface area (Å²) in [7, 11) is -1.14. The Morgan fingerprint density at radius 2 is 1.76 bits per heavy atom. The molecule has 0 fully saturated rings. The molecule has 0 spiro atoms. The summed E-state index contributed by atoms with van der Waals surface area (Å²) in [6.07, 6.45) is 1.37. The van der Waals surface area contributed by atoms with Gasteiger partial charge in [-0.15, -0.1) is 0 Å². The highest BCUT2D eigenvalue weighted by atomic mass is 35.5. The van der Waals surface area contributed by atoms with Crippen LogP contribution in [0.15, 0.2) is 76.7 Å². The van der Waals surface area contributed by atoms with Crippen LogP contribution in [-0.4, -0.2) is 41.3 Å². The van der Waals surface area contributed by atoms with Crippen molar-refractivity contribution in [3.8, 4) is 11.5 Å². The fraction of sp³-hybridized carbons (Fsp3) is 0.130.